The number of unbranched alkanes of at least 4 members (excludes halogenated alkanes) is 18. The van der Waals surface area contributed by atoms with Gasteiger partial charge in [-0.1, -0.05) is 109 Å². The highest BCUT2D eigenvalue weighted by Gasteiger charge is 2.25. The van der Waals surface area contributed by atoms with Crippen molar-refractivity contribution in [3.8, 4) is 0 Å². The number of allylic oxidation sites excluding steroid dienone is 5. The van der Waals surface area contributed by atoms with Gasteiger partial charge in [0.15, 0.2) is 6.10 Å². The van der Waals surface area contributed by atoms with Crippen molar-refractivity contribution in [1.29, 1.82) is 0 Å². The maximum Gasteiger partial charge on any atom is 0.472 e. The lowest BCUT2D eigenvalue weighted by Gasteiger charge is -2.19. The second-order valence-electron chi connectivity index (χ2n) is 13.2. The smallest absolute Gasteiger partial charge is 0.462 e. The Bertz CT molecular complexity index is 992. The molecule has 0 amide bonds. The normalized spacial score (nSPS) is 13.3. The molecular weight excluding hydrogens is 665 g/mol. The van der Waals surface area contributed by atoms with Crippen LogP contribution in [0.1, 0.15) is 174 Å². The van der Waals surface area contributed by atoms with E-state index in [1.54, 1.807) is 0 Å². The molecule has 0 aromatic heterocycles. The lowest BCUT2D eigenvalue weighted by atomic mass is 10.1. The van der Waals surface area contributed by atoms with Crippen LogP contribution in [0.4, 0.5) is 0 Å². The van der Waals surface area contributed by atoms with Gasteiger partial charge in [-0.05, 0) is 89.2 Å². The first-order valence-electron chi connectivity index (χ1n) is 20.2. The first-order chi connectivity index (χ1) is 24.8. The molecule has 0 aromatic carbocycles. The molecule has 0 aliphatic carbocycles. The SMILES string of the molecule is CC/C=C/CCCC=C=CCCCCCCCC(=O)O[C@H](COC(=O)CCCCCCC/C=C/CCCCCCCC)COP(=O)(O)OCCN. The second-order valence-corrected chi connectivity index (χ2v) is 14.7. The van der Waals surface area contributed by atoms with Crippen LogP contribution >= 0.6 is 7.82 Å². The Labute approximate surface area is 311 Å². The fraction of sp³-hybridized carbons (Fsp3) is 0.780. The molecule has 3 N–H and O–H groups in total. The van der Waals surface area contributed by atoms with Crippen molar-refractivity contribution in [3.63, 3.8) is 0 Å². The minimum absolute atomic E-state index is 0.0471. The molecule has 0 radical (unpaired) electrons. The molecule has 0 saturated heterocycles. The van der Waals surface area contributed by atoms with Crippen molar-refractivity contribution < 1.29 is 37.6 Å². The Hall–Kier alpha value is -1.99. The predicted octanol–water partition coefficient (Wildman–Crippen LogP) is 11.1. The van der Waals surface area contributed by atoms with E-state index in [9.17, 15) is 19.0 Å². The number of carbonyl (C=O) groups is 2. The summed E-state index contributed by atoms with van der Waals surface area (Å²) in [4.78, 5) is 34.8. The van der Waals surface area contributed by atoms with Crippen molar-refractivity contribution in [3.05, 3.63) is 42.2 Å². The van der Waals surface area contributed by atoms with E-state index in [1.165, 1.54) is 44.9 Å². The summed E-state index contributed by atoms with van der Waals surface area (Å²) in [5.74, 6) is -0.865. The van der Waals surface area contributed by atoms with Crippen LogP contribution in [0.25, 0.3) is 0 Å². The maximum absolute atomic E-state index is 12.5. The summed E-state index contributed by atoms with van der Waals surface area (Å²) in [7, 11) is -4.38. The van der Waals surface area contributed by atoms with E-state index in [1.807, 2.05) is 0 Å². The summed E-state index contributed by atoms with van der Waals surface area (Å²) in [6, 6.07) is 0. The summed E-state index contributed by atoms with van der Waals surface area (Å²) in [5.41, 5.74) is 8.60. The highest BCUT2D eigenvalue weighted by atomic mass is 31.2. The zero-order chi connectivity index (χ0) is 37.5. The van der Waals surface area contributed by atoms with Gasteiger partial charge in [0.1, 0.15) is 6.61 Å². The van der Waals surface area contributed by atoms with Crippen LogP contribution in [0.2, 0.25) is 0 Å². The molecule has 1 unspecified atom stereocenters. The number of phosphoric ester groups is 1. The number of nitrogens with two attached hydrogens (primary N) is 1. The zero-order valence-corrected chi connectivity index (χ0v) is 33.3. The summed E-state index contributed by atoms with van der Waals surface area (Å²) in [6.45, 7) is 3.58. The largest absolute Gasteiger partial charge is 0.472 e. The van der Waals surface area contributed by atoms with Gasteiger partial charge in [-0.15, -0.1) is 5.73 Å². The van der Waals surface area contributed by atoms with Gasteiger partial charge in [-0.3, -0.25) is 18.6 Å². The molecule has 0 spiro atoms. The number of ether oxygens (including phenoxy) is 2. The van der Waals surface area contributed by atoms with Gasteiger partial charge in [0, 0.05) is 19.4 Å². The van der Waals surface area contributed by atoms with Crippen LogP contribution < -0.4 is 5.73 Å². The van der Waals surface area contributed by atoms with E-state index in [0.717, 1.165) is 96.3 Å². The van der Waals surface area contributed by atoms with Gasteiger partial charge in [0.25, 0.3) is 0 Å². The predicted molar refractivity (Wildman–Crippen MR) is 209 cm³/mol. The van der Waals surface area contributed by atoms with Gasteiger partial charge in [-0.2, -0.15) is 0 Å². The highest BCUT2D eigenvalue weighted by Crippen LogP contribution is 2.43. The Kier molecular flexibility index (Phi) is 36.3. The van der Waals surface area contributed by atoms with Crippen molar-refractivity contribution in [2.75, 3.05) is 26.4 Å². The molecule has 9 nitrogen and oxygen atoms in total. The fourth-order valence-corrected chi connectivity index (χ4v) is 6.03. The van der Waals surface area contributed by atoms with Crippen LogP contribution in [0.15, 0.2) is 42.2 Å². The van der Waals surface area contributed by atoms with Gasteiger partial charge >= 0.3 is 19.8 Å². The van der Waals surface area contributed by atoms with Gasteiger partial charge in [0.05, 0.1) is 13.2 Å². The number of esters is 2. The van der Waals surface area contributed by atoms with E-state index < -0.39 is 32.5 Å². The van der Waals surface area contributed by atoms with Gasteiger partial charge in [0.2, 0.25) is 0 Å². The van der Waals surface area contributed by atoms with Gasteiger partial charge < -0.3 is 20.1 Å². The summed E-state index contributed by atoms with van der Waals surface area (Å²) >= 11 is 0. The summed E-state index contributed by atoms with van der Waals surface area (Å²) in [6.07, 6.45) is 38.1. The molecule has 0 bridgehead atoms. The van der Waals surface area contributed by atoms with E-state index in [-0.39, 0.29) is 32.6 Å². The van der Waals surface area contributed by atoms with Crippen molar-refractivity contribution in [2.24, 2.45) is 5.73 Å². The number of hydrogen-bond donors (Lipinski definition) is 2. The lowest BCUT2D eigenvalue weighted by molar-refractivity contribution is -0.161. The number of phosphoric acid groups is 1. The fourth-order valence-electron chi connectivity index (χ4n) is 5.26. The second kappa shape index (κ2) is 37.8. The zero-order valence-electron chi connectivity index (χ0n) is 32.4. The number of rotatable bonds is 37. The van der Waals surface area contributed by atoms with Crippen molar-refractivity contribution >= 4 is 19.8 Å². The van der Waals surface area contributed by atoms with E-state index in [2.05, 4.69) is 56.0 Å². The molecule has 0 aromatic rings. The minimum Gasteiger partial charge on any atom is -0.462 e. The third-order valence-corrected chi connectivity index (χ3v) is 9.24. The molecule has 0 fully saturated rings. The third kappa shape index (κ3) is 37.6. The quantitative estimate of drug-likeness (QED) is 0.0210. The van der Waals surface area contributed by atoms with E-state index in [4.69, 9.17) is 24.3 Å². The number of carbonyl (C=O) groups excluding carboxylic acids is 2. The number of hydrogen-bond acceptors (Lipinski definition) is 8. The molecule has 0 rings (SSSR count). The highest BCUT2D eigenvalue weighted by molar-refractivity contribution is 7.47. The monoisotopic (exact) mass is 740 g/mol. The Balaban J connectivity index is 4.25. The Morgan fingerprint density at radius 3 is 1.76 bits per heavy atom. The molecule has 296 valence electrons. The van der Waals surface area contributed by atoms with Gasteiger partial charge in [-0.25, -0.2) is 4.57 Å². The molecular formula is C41H74NO8P. The summed E-state index contributed by atoms with van der Waals surface area (Å²) < 4.78 is 32.7. The van der Waals surface area contributed by atoms with E-state index >= 15 is 0 Å². The third-order valence-electron chi connectivity index (χ3n) is 8.25. The minimum atomic E-state index is -4.38. The average molecular weight is 740 g/mol. The molecule has 0 aliphatic heterocycles. The Morgan fingerprint density at radius 2 is 1.16 bits per heavy atom. The lowest BCUT2D eigenvalue weighted by Crippen LogP contribution is -2.29. The Morgan fingerprint density at radius 1 is 0.647 bits per heavy atom. The molecule has 51 heavy (non-hydrogen) atoms. The standard InChI is InChI=1S/C41H74NO8P/c1-3-5-7-9-11-13-15-17-19-21-23-25-27-29-31-33-40(43)47-37-39(38-49-51(45,46)48-36-35-42)50-41(44)34-32-30-28-26-24-22-20-18-16-14-12-10-8-6-4-2/h6,8,16-17,19-20,39H,3-5,7,9-15,21-38,42H2,1-2H3,(H,45,46)/b8-6+,19-17+/t18?,39-/m1/s1. The molecule has 0 heterocycles. The molecule has 0 saturated carbocycles. The van der Waals surface area contributed by atoms with Crippen LogP contribution in [-0.4, -0.2) is 49.3 Å². The maximum atomic E-state index is 12.5. The van der Waals surface area contributed by atoms with Crippen molar-refractivity contribution in [1.82, 2.24) is 0 Å². The molecule has 2 atom stereocenters. The first-order valence-corrected chi connectivity index (χ1v) is 21.7. The first kappa shape index (κ1) is 49.0. The van der Waals surface area contributed by atoms with Crippen LogP contribution in [0, 0.1) is 0 Å². The van der Waals surface area contributed by atoms with Crippen LogP contribution in [-0.2, 0) is 32.7 Å². The van der Waals surface area contributed by atoms with E-state index in [0.29, 0.717) is 6.42 Å². The summed E-state index contributed by atoms with van der Waals surface area (Å²) in [5, 5.41) is 0. The van der Waals surface area contributed by atoms with Crippen molar-refractivity contribution in [2.45, 2.75) is 180 Å². The average Bonchev–Trinajstić information content (AvgIpc) is 3.11. The molecule has 10 heteroatoms. The van der Waals surface area contributed by atoms with Crippen LogP contribution in [0.5, 0.6) is 0 Å². The van der Waals surface area contributed by atoms with Crippen LogP contribution in [0.3, 0.4) is 0 Å². The molecule has 0 aliphatic rings. The topological polar surface area (TPSA) is 134 Å².